The maximum absolute atomic E-state index is 11.9. The van der Waals surface area contributed by atoms with Gasteiger partial charge in [0.25, 0.3) is 0 Å². The lowest BCUT2D eigenvalue weighted by Crippen LogP contribution is -2.36. The van der Waals surface area contributed by atoms with Gasteiger partial charge in [-0.3, -0.25) is 0 Å². The molecule has 0 unspecified atom stereocenters. The maximum Gasteiger partial charge on any atom is 0.403 e. The molecular weight excluding hydrogens is 159 g/mol. The summed E-state index contributed by atoms with van der Waals surface area (Å²) in [6.45, 7) is 0.0975. The summed E-state index contributed by atoms with van der Waals surface area (Å²) in [7, 11) is 0. The van der Waals surface area contributed by atoms with Gasteiger partial charge in [0, 0.05) is 13.2 Å². The van der Waals surface area contributed by atoms with Gasteiger partial charge in [0.15, 0.2) is 0 Å². The fraction of sp³-hybridized carbons (Fsp3) is 1.00. The van der Waals surface area contributed by atoms with Gasteiger partial charge in [-0.1, -0.05) is 0 Å². The minimum absolute atomic E-state index is 0. The van der Waals surface area contributed by atoms with Gasteiger partial charge >= 0.3 is 6.18 Å². The molecule has 2 nitrogen and oxygen atoms in total. The third-order valence-corrected chi connectivity index (χ3v) is 1.88. The summed E-state index contributed by atoms with van der Waals surface area (Å²) in [6.07, 6.45) is -4.16. The Labute approximate surface area is 62.4 Å². The van der Waals surface area contributed by atoms with Crippen molar-refractivity contribution in [3.8, 4) is 0 Å². The van der Waals surface area contributed by atoms with E-state index >= 15 is 0 Å². The molecule has 1 rings (SSSR count). The Morgan fingerprint density at radius 3 is 2.36 bits per heavy atom. The van der Waals surface area contributed by atoms with Crippen LogP contribution in [-0.4, -0.2) is 30.5 Å². The quantitative estimate of drug-likeness (QED) is 0.599. The molecule has 0 bridgehead atoms. The van der Waals surface area contributed by atoms with Crippen LogP contribution >= 0.6 is 0 Å². The summed E-state index contributed by atoms with van der Waals surface area (Å²) in [5.41, 5.74) is 0. The van der Waals surface area contributed by atoms with Crippen molar-refractivity contribution >= 4 is 0 Å². The first kappa shape index (κ1) is 8.80. The van der Waals surface area contributed by atoms with Crippen LogP contribution in [0, 0.1) is 5.92 Å². The first-order valence-electron chi connectivity index (χ1n) is 3.45. The zero-order valence-electron chi connectivity index (χ0n) is 5.86. The zero-order chi connectivity index (χ0) is 8.48. The Morgan fingerprint density at radius 1 is 1.45 bits per heavy atom. The average Bonchev–Trinajstić information content (AvgIpc) is 2.32. The highest BCUT2D eigenvalue weighted by Gasteiger charge is 2.43. The van der Waals surface area contributed by atoms with Crippen molar-refractivity contribution in [1.82, 2.24) is 5.32 Å². The first-order valence-corrected chi connectivity index (χ1v) is 3.45. The Balaban J connectivity index is 2.42. The smallest absolute Gasteiger partial charge is 0.396 e. The minimum atomic E-state index is -4.16. The van der Waals surface area contributed by atoms with Crippen molar-refractivity contribution in [3.05, 3.63) is 0 Å². The van der Waals surface area contributed by atoms with Gasteiger partial charge in [0.1, 0.15) is 6.04 Å². The summed E-state index contributed by atoms with van der Waals surface area (Å²) in [4.78, 5) is 0. The fourth-order valence-electron chi connectivity index (χ4n) is 1.20. The summed E-state index contributed by atoms with van der Waals surface area (Å²) in [6, 6.07) is -1.42. The SMILES string of the molecule is OC[C@H]1CN[C@H](C(F)(F)F)C1. The molecular formula is C6H10F3NO. The van der Waals surface area contributed by atoms with Gasteiger partial charge < -0.3 is 10.4 Å². The van der Waals surface area contributed by atoms with E-state index in [1.807, 2.05) is 0 Å². The van der Waals surface area contributed by atoms with Crippen molar-refractivity contribution in [2.45, 2.75) is 18.6 Å². The lowest BCUT2D eigenvalue weighted by Gasteiger charge is -2.13. The summed E-state index contributed by atoms with van der Waals surface area (Å²) in [5.74, 6) is -0.235. The largest absolute Gasteiger partial charge is 0.403 e. The Morgan fingerprint density at radius 2 is 2.09 bits per heavy atom. The van der Waals surface area contributed by atoms with Crippen molar-refractivity contribution in [2.75, 3.05) is 13.2 Å². The molecule has 1 saturated heterocycles. The molecule has 11 heavy (non-hydrogen) atoms. The molecule has 0 saturated carbocycles. The average molecular weight is 169 g/mol. The van der Waals surface area contributed by atoms with Crippen LogP contribution in [0.15, 0.2) is 0 Å². The Kier molecular flexibility index (Phi) is 2.39. The van der Waals surface area contributed by atoms with Crippen molar-refractivity contribution < 1.29 is 18.3 Å². The van der Waals surface area contributed by atoms with Crippen LogP contribution < -0.4 is 5.32 Å². The Hall–Kier alpha value is -0.290. The van der Waals surface area contributed by atoms with Crippen LogP contribution in [0.4, 0.5) is 13.2 Å². The highest BCUT2D eigenvalue weighted by molar-refractivity contribution is 4.85. The predicted octanol–water partition coefficient (Wildman–Crippen LogP) is 0.519. The van der Waals surface area contributed by atoms with E-state index in [4.69, 9.17) is 5.11 Å². The van der Waals surface area contributed by atoms with Gasteiger partial charge in [-0.25, -0.2) is 0 Å². The van der Waals surface area contributed by atoms with Gasteiger partial charge in [-0.2, -0.15) is 13.2 Å². The van der Waals surface area contributed by atoms with E-state index in [2.05, 4.69) is 5.32 Å². The highest BCUT2D eigenvalue weighted by Crippen LogP contribution is 2.28. The molecule has 0 spiro atoms. The number of halogens is 3. The molecule has 0 amide bonds. The monoisotopic (exact) mass is 169 g/mol. The summed E-state index contributed by atoms with van der Waals surface area (Å²) < 4.78 is 35.8. The standard InChI is InChI=1S/C6H10F3NO/c7-6(8,9)5-1-4(3-11)2-10-5/h4-5,10-11H,1-3H2/t4-,5+/m1/s1. The molecule has 0 aromatic carbocycles. The highest BCUT2D eigenvalue weighted by atomic mass is 19.4. The van der Waals surface area contributed by atoms with E-state index in [1.165, 1.54) is 0 Å². The van der Waals surface area contributed by atoms with Crippen molar-refractivity contribution in [1.29, 1.82) is 0 Å². The molecule has 0 aromatic heterocycles. The normalized spacial score (nSPS) is 32.7. The number of aliphatic hydroxyl groups is 1. The van der Waals surface area contributed by atoms with Gasteiger partial charge in [0.05, 0.1) is 0 Å². The Bertz CT molecular complexity index is 136. The molecule has 0 radical (unpaired) electrons. The number of nitrogens with one attached hydrogen (secondary N) is 1. The van der Waals surface area contributed by atoms with Crippen molar-refractivity contribution in [3.63, 3.8) is 0 Å². The van der Waals surface area contributed by atoms with Gasteiger partial charge in [0.2, 0.25) is 0 Å². The molecule has 1 fully saturated rings. The summed E-state index contributed by atoms with van der Waals surface area (Å²) >= 11 is 0. The van der Waals surface area contributed by atoms with E-state index < -0.39 is 12.2 Å². The van der Waals surface area contributed by atoms with E-state index in [1.54, 1.807) is 0 Å². The second-order valence-corrected chi connectivity index (χ2v) is 2.79. The van der Waals surface area contributed by atoms with E-state index in [9.17, 15) is 13.2 Å². The number of alkyl halides is 3. The van der Waals surface area contributed by atoms with Crippen LogP contribution in [0.3, 0.4) is 0 Å². The maximum atomic E-state index is 11.9. The minimum Gasteiger partial charge on any atom is -0.396 e. The molecule has 5 heteroatoms. The molecule has 2 N–H and O–H groups in total. The van der Waals surface area contributed by atoms with Crippen LogP contribution in [0.1, 0.15) is 6.42 Å². The number of hydrogen-bond donors (Lipinski definition) is 2. The van der Waals surface area contributed by atoms with Crippen LogP contribution in [-0.2, 0) is 0 Å². The van der Waals surface area contributed by atoms with Crippen LogP contribution in [0.25, 0.3) is 0 Å². The topological polar surface area (TPSA) is 32.3 Å². The molecule has 66 valence electrons. The lowest BCUT2D eigenvalue weighted by atomic mass is 10.1. The van der Waals surface area contributed by atoms with E-state index in [0.29, 0.717) is 0 Å². The predicted molar refractivity (Wildman–Crippen MR) is 33.0 cm³/mol. The molecule has 1 aliphatic rings. The van der Waals surface area contributed by atoms with Gasteiger partial charge in [-0.15, -0.1) is 0 Å². The molecule has 1 heterocycles. The second kappa shape index (κ2) is 2.98. The third kappa shape index (κ3) is 2.07. The third-order valence-electron chi connectivity index (χ3n) is 1.88. The van der Waals surface area contributed by atoms with E-state index in [-0.39, 0.29) is 25.5 Å². The van der Waals surface area contributed by atoms with Crippen LogP contribution in [0.5, 0.6) is 0 Å². The number of rotatable bonds is 1. The fourth-order valence-corrected chi connectivity index (χ4v) is 1.20. The molecule has 0 aromatic rings. The summed E-state index contributed by atoms with van der Waals surface area (Å²) in [5, 5.41) is 10.9. The molecule has 2 atom stereocenters. The van der Waals surface area contributed by atoms with Crippen LogP contribution in [0.2, 0.25) is 0 Å². The van der Waals surface area contributed by atoms with Gasteiger partial charge in [-0.05, 0) is 12.3 Å². The molecule has 1 aliphatic heterocycles. The van der Waals surface area contributed by atoms with Crippen molar-refractivity contribution in [2.24, 2.45) is 5.92 Å². The zero-order valence-corrected chi connectivity index (χ0v) is 5.86. The number of hydrogen-bond acceptors (Lipinski definition) is 2. The molecule has 0 aliphatic carbocycles. The number of aliphatic hydroxyl groups excluding tert-OH is 1. The second-order valence-electron chi connectivity index (χ2n) is 2.79. The lowest BCUT2D eigenvalue weighted by molar-refractivity contribution is -0.152. The first-order chi connectivity index (χ1) is 5.04. The van der Waals surface area contributed by atoms with E-state index in [0.717, 1.165) is 0 Å².